The molecule has 1 aliphatic rings. The molecule has 1 saturated heterocycles. The molecule has 0 aromatic carbocycles. The van der Waals surface area contributed by atoms with Crippen molar-refractivity contribution in [3.63, 3.8) is 0 Å². The number of thiophene rings is 1. The lowest BCUT2D eigenvalue weighted by Gasteiger charge is -2.32. The minimum absolute atomic E-state index is 0.316. The predicted octanol–water partition coefficient (Wildman–Crippen LogP) is 2.60. The Hall–Kier alpha value is -0.905. The summed E-state index contributed by atoms with van der Waals surface area (Å²) in [5.41, 5.74) is 0.219. The molecule has 0 spiro atoms. The predicted molar refractivity (Wildman–Crippen MR) is 75.3 cm³/mol. The fraction of sp³-hybridized carbons (Fsp3) is 0.462. The second-order valence-electron chi connectivity index (χ2n) is 5.64. The van der Waals surface area contributed by atoms with Crippen molar-refractivity contribution >= 4 is 34.3 Å². The van der Waals surface area contributed by atoms with Crippen LogP contribution in [0.5, 0.6) is 0 Å². The topological polar surface area (TPSA) is 31.4 Å². The molecule has 0 N–H and O–H groups in total. The lowest BCUT2D eigenvalue weighted by molar-refractivity contribution is 0.00578. The van der Waals surface area contributed by atoms with E-state index in [9.17, 15) is 0 Å². The fourth-order valence-electron chi connectivity index (χ4n) is 1.95. The van der Waals surface area contributed by atoms with Crippen LogP contribution in [0.25, 0.3) is 10.2 Å². The van der Waals surface area contributed by atoms with Crippen molar-refractivity contribution in [2.24, 2.45) is 0 Å². The van der Waals surface area contributed by atoms with Gasteiger partial charge in [-0.05, 0) is 45.2 Å². The first-order chi connectivity index (χ1) is 8.39. The van der Waals surface area contributed by atoms with E-state index in [1.807, 2.05) is 11.4 Å². The largest absolute Gasteiger partial charge is 0.514 e. The molecule has 5 heteroatoms. The van der Waals surface area contributed by atoms with Crippen LogP contribution in [-0.2, 0) is 9.31 Å². The fourth-order valence-corrected chi connectivity index (χ4v) is 2.73. The Morgan fingerprint density at radius 3 is 2.39 bits per heavy atom. The van der Waals surface area contributed by atoms with Crippen LogP contribution in [0.4, 0.5) is 0 Å². The Kier molecular flexibility index (Phi) is 2.56. The molecule has 0 amide bonds. The molecular weight excluding hydrogens is 245 g/mol. The number of fused-ring (bicyclic) bond motifs is 1. The van der Waals surface area contributed by atoms with E-state index in [2.05, 4.69) is 44.8 Å². The summed E-state index contributed by atoms with van der Waals surface area (Å²) in [6, 6.07) is 6.12. The van der Waals surface area contributed by atoms with Crippen LogP contribution >= 0.6 is 11.3 Å². The number of nitrogens with zero attached hydrogens (tertiary/aromatic N) is 1. The Balaban J connectivity index is 1.96. The van der Waals surface area contributed by atoms with E-state index in [-0.39, 0.29) is 18.3 Å². The highest BCUT2D eigenvalue weighted by Crippen LogP contribution is 2.36. The van der Waals surface area contributed by atoms with Crippen LogP contribution in [-0.4, -0.2) is 23.3 Å². The third-order valence-corrected chi connectivity index (χ3v) is 4.66. The molecule has 0 aliphatic carbocycles. The molecule has 94 valence electrons. The highest BCUT2D eigenvalue weighted by Gasteiger charge is 2.52. The van der Waals surface area contributed by atoms with Crippen molar-refractivity contribution in [1.82, 2.24) is 4.98 Å². The summed E-state index contributed by atoms with van der Waals surface area (Å²) >= 11 is 1.64. The SMILES string of the molecule is CC1(C)OB(c2ccc3ccsc3n2)OC1(C)C. The van der Waals surface area contributed by atoms with Crippen LogP contribution < -0.4 is 5.59 Å². The first-order valence-corrected chi connectivity index (χ1v) is 6.97. The maximum absolute atomic E-state index is 6.00. The Labute approximate surface area is 111 Å². The van der Waals surface area contributed by atoms with Crippen molar-refractivity contribution in [2.45, 2.75) is 38.9 Å². The van der Waals surface area contributed by atoms with Crippen LogP contribution in [0.3, 0.4) is 0 Å². The molecule has 18 heavy (non-hydrogen) atoms. The zero-order chi connectivity index (χ0) is 13.0. The zero-order valence-corrected chi connectivity index (χ0v) is 11.9. The molecule has 3 heterocycles. The minimum atomic E-state index is -0.374. The van der Waals surface area contributed by atoms with Gasteiger partial charge in [-0.2, -0.15) is 0 Å². The molecule has 1 aliphatic heterocycles. The summed E-state index contributed by atoms with van der Waals surface area (Å²) in [5, 5.41) is 3.21. The van der Waals surface area contributed by atoms with Gasteiger partial charge in [0.15, 0.2) is 0 Å². The Morgan fingerprint density at radius 2 is 1.72 bits per heavy atom. The zero-order valence-electron chi connectivity index (χ0n) is 11.1. The number of hydrogen-bond acceptors (Lipinski definition) is 4. The van der Waals surface area contributed by atoms with Crippen molar-refractivity contribution in [2.75, 3.05) is 0 Å². The second-order valence-corrected chi connectivity index (χ2v) is 6.53. The van der Waals surface area contributed by atoms with Gasteiger partial charge in [-0.15, -0.1) is 11.3 Å². The summed E-state index contributed by atoms with van der Waals surface area (Å²) in [6.07, 6.45) is 0. The summed E-state index contributed by atoms with van der Waals surface area (Å²) < 4.78 is 12.0. The van der Waals surface area contributed by atoms with Gasteiger partial charge in [0, 0.05) is 5.39 Å². The van der Waals surface area contributed by atoms with E-state index in [1.54, 1.807) is 11.3 Å². The summed E-state index contributed by atoms with van der Waals surface area (Å²) in [5.74, 6) is 0. The maximum atomic E-state index is 6.00. The van der Waals surface area contributed by atoms with Crippen molar-refractivity contribution < 1.29 is 9.31 Å². The molecule has 2 aromatic rings. The monoisotopic (exact) mass is 261 g/mol. The van der Waals surface area contributed by atoms with Gasteiger partial charge >= 0.3 is 7.12 Å². The van der Waals surface area contributed by atoms with Gasteiger partial charge < -0.3 is 9.31 Å². The second kappa shape index (κ2) is 3.79. The molecular formula is C13H16BNO2S. The van der Waals surface area contributed by atoms with E-state index in [0.717, 1.165) is 10.4 Å². The van der Waals surface area contributed by atoms with Gasteiger partial charge in [0.05, 0.1) is 16.8 Å². The molecule has 0 radical (unpaired) electrons. The number of aromatic nitrogens is 1. The maximum Gasteiger partial charge on any atom is 0.514 e. The molecule has 3 nitrogen and oxygen atoms in total. The third-order valence-electron chi connectivity index (χ3n) is 3.83. The quantitative estimate of drug-likeness (QED) is 0.739. The molecule has 3 rings (SSSR count). The highest BCUT2D eigenvalue weighted by molar-refractivity contribution is 7.16. The molecule has 2 aromatic heterocycles. The number of rotatable bonds is 1. The van der Waals surface area contributed by atoms with Gasteiger partial charge in [-0.1, -0.05) is 6.07 Å². The van der Waals surface area contributed by atoms with Crippen LogP contribution in [0, 0.1) is 0 Å². The first-order valence-electron chi connectivity index (χ1n) is 6.09. The number of pyridine rings is 1. The van der Waals surface area contributed by atoms with Gasteiger partial charge in [-0.3, -0.25) is 0 Å². The smallest absolute Gasteiger partial charge is 0.398 e. The van der Waals surface area contributed by atoms with E-state index < -0.39 is 0 Å². The van der Waals surface area contributed by atoms with E-state index in [4.69, 9.17) is 9.31 Å². The van der Waals surface area contributed by atoms with Crippen LogP contribution in [0.15, 0.2) is 23.6 Å². The Morgan fingerprint density at radius 1 is 1.06 bits per heavy atom. The van der Waals surface area contributed by atoms with E-state index in [0.29, 0.717) is 0 Å². The molecule has 1 fully saturated rings. The lowest BCUT2D eigenvalue weighted by Crippen LogP contribution is -2.41. The van der Waals surface area contributed by atoms with Crippen molar-refractivity contribution in [1.29, 1.82) is 0 Å². The minimum Gasteiger partial charge on any atom is -0.398 e. The average molecular weight is 261 g/mol. The van der Waals surface area contributed by atoms with Crippen molar-refractivity contribution in [3.05, 3.63) is 23.6 Å². The van der Waals surface area contributed by atoms with E-state index >= 15 is 0 Å². The van der Waals surface area contributed by atoms with Gasteiger partial charge in [0.25, 0.3) is 0 Å². The van der Waals surface area contributed by atoms with Crippen molar-refractivity contribution in [3.8, 4) is 0 Å². The molecule has 0 bridgehead atoms. The summed E-state index contributed by atoms with van der Waals surface area (Å²) in [6.45, 7) is 8.21. The third kappa shape index (κ3) is 1.78. The van der Waals surface area contributed by atoms with E-state index in [1.165, 1.54) is 5.39 Å². The number of hydrogen-bond donors (Lipinski definition) is 0. The Bertz CT molecular complexity index is 577. The summed E-state index contributed by atoms with van der Waals surface area (Å²) in [4.78, 5) is 5.65. The molecule has 0 atom stereocenters. The lowest BCUT2D eigenvalue weighted by atomic mass is 9.84. The van der Waals surface area contributed by atoms with Gasteiger partial charge in [-0.25, -0.2) is 4.98 Å². The highest BCUT2D eigenvalue weighted by atomic mass is 32.1. The van der Waals surface area contributed by atoms with Crippen LogP contribution in [0.1, 0.15) is 27.7 Å². The van der Waals surface area contributed by atoms with Gasteiger partial charge in [0.1, 0.15) is 4.83 Å². The van der Waals surface area contributed by atoms with Crippen LogP contribution in [0.2, 0.25) is 0 Å². The van der Waals surface area contributed by atoms with Gasteiger partial charge in [0.2, 0.25) is 0 Å². The molecule has 0 unspecified atom stereocenters. The normalized spacial score (nSPS) is 21.7. The molecule has 0 saturated carbocycles. The standard InChI is InChI=1S/C13H16BNO2S/c1-12(2)13(3,4)17-14(16-12)10-6-5-9-7-8-18-11(9)15-10/h5-8H,1-4H3. The average Bonchev–Trinajstić information content (AvgIpc) is 2.80. The summed E-state index contributed by atoms with van der Waals surface area (Å²) in [7, 11) is -0.374. The first kappa shape index (κ1) is 12.1.